The summed E-state index contributed by atoms with van der Waals surface area (Å²) in [7, 11) is 0. The zero-order valence-electron chi connectivity index (χ0n) is 14.4. The van der Waals surface area contributed by atoms with Crippen molar-refractivity contribution in [2.24, 2.45) is 0 Å². The van der Waals surface area contributed by atoms with Crippen LogP contribution in [-0.4, -0.2) is 15.2 Å². The van der Waals surface area contributed by atoms with Gasteiger partial charge in [-0.1, -0.05) is 72.8 Å². The van der Waals surface area contributed by atoms with E-state index in [2.05, 4.69) is 46.6 Å². The summed E-state index contributed by atoms with van der Waals surface area (Å²) in [6.07, 6.45) is 1.35. The zero-order chi connectivity index (χ0) is 18.1. The van der Waals surface area contributed by atoms with E-state index in [1.54, 1.807) is 0 Å². The Hall–Kier alpha value is -3.79. The van der Waals surface area contributed by atoms with Crippen LogP contribution in [0.5, 0.6) is 0 Å². The number of para-hydroxylation sites is 1. The highest BCUT2D eigenvalue weighted by molar-refractivity contribution is 5.94. The van der Waals surface area contributed by atoms with E-state index in [9.17, 15) is 0 Å². The first-order chi connectivity index (χ1) is 13.4. The van der Waals surface area contributed by atoms with Crippen molar-refractivity contribution in [1.29, 1.82) is 0 Å². The molecule has 0 saturated carbocycles. The summed E-state index contributed by atoms with van der Waals surface area (Å²) in [6.45, 7) is 0. The maximum atomic E-state index is 5.45. The van der Waals surface area contributed by atoms with Crippen molar-refractivity contribution in [3.8, 4) is 33.8 Å². The lowest BCUT2D eigenvalue weighted by Crippen LogP contribution is -1.90. The van der Waals surface area contributed by atoms with Crippen molar-refractivity contribution in [1.82, 2.24) is 15.2 Å². The lowest BCUT2D eigenvalue weighted by atomic mass is 10.0. The van der Waals surface area contributed by atoms with E-state index in [0.717, 1.165) is 27.7 Å². The zero-order valence-corrected chi connectivity index (χ0v) is 14.4. The Kier molecular flexibility index (Phi) is 3.72. The van der Waals surface area contributed by atoms with Crippen LogP contribution < -0.4 is 0 Å². The van der Waals surface area contributed by atoms with E-state index in [-0.39, 0.29) is 0 Å². The van der Waals surface area contributed by atoms with Gasteiger partial charge in [-0.2, -0.15) is 0 Å². The average molecular weight is 349 g/mol. The lowest BCUT2D eigenvalue weighted by molar-refractivity contribution is 0.569. The second-order valence-electron chi connectivity index (χ2n) is 6.26. The van der Waals surface area contributed by atoms with Crippen LogP contribution in [0.3, 0.4) is 0 Å². The number of pyridine rings is 1. The van der Waals surface area contributed by atoms with Gasteiger partial charge in [-0.3, -0.25) is 0 Å². The Morgan fingerprint density at radius 3 is 2.15 bits per heavy atom. The minimum absolute atomic E-state index is 0.496. The molecular weight excluding hydrogens is 334 g/mol. The van der Waals surface area contributed by atoms with Crippen molar-refractivity contribution < 1.29 is 4.42 Å². The maximum absolute atomic E-state index is 5.45. The molecule has 0 unspecified atom stereocenters. The number of aromatic nitrogens is 3. The van der Waals surface area contributed by atoms with E-state index in [1.165, 1.54) is 17.5 Å². The van der Waals surface area contributed by atoms with Crippen molar-refractivity contribution in [2.75, 3.05) is 0 Å². The first-order valence-corrected chi connectivity index (χ1v) is 8.71. The summed E-state index contributed by atoms with van der Waals surface area (Å²) in [5.74, 6) is 0.496. The molecule has 4 heteroatoms. The Bertz CT molecular complexity index is 1200. The average Bonchev–Trinajstić information content (AvgIpc) is 3.28. The standard InChI is InChI=1S/C23H15N3O/c1-2-6-16(7-3-1)17-10-12-18(13-11-17)22-14-20(23-26-24-15-27-23)19-8-4-5-9-21(19)25-22/h1-15H. The molecule has 2 aromatic heterocycles. The van der Waals surface area contributed by atoms with Gasteiger partial charge in [0.1, 0.15) is 0 Å². The molecule has 0 fully saturated rings. The molecule has 0 spiro atoms. The third kappa shape index (κ3) is 2.87. The highest BCUT2D eigenvalue weighted by atomic mass is 16.4. The van der Waals surface area contributed by atoms with Crippen LogP contribution in [0.1, 0.15) is 0 Å². The number of hydrogen-bond donors (Lipinski definition) is 0. The van der Waals surface area contributed by atoms with Crippen LogP contribution in [0.4, 0.5) is 0 Å². The molecule has 27 heavy (non-hydrogen) atoms. The van der Waals surface area contributed by atoms with Crippen LogP contribution in [0, 0.1) is 0 Å². The third-order valence-electron chi connectivity index (χ3n) is 4.59. The molecule has 0 aliphatic rings. The summed E-state index contributed by atoms with van der Waals surface area (Å²) < 4.78 is 5.45. The minimum atomic E-state index is 0.496. The SMILES string of the molecule is c1ccc(-c2ccc(-c3cc(-c4nnco4)c4ccccc4n3)cc2)cc1. The van der Waals surface area contributed by atoms with E-state index in [4.69, 9.17) is 9.40 Å². The molecule has 5 rings (SSSR count). The van der Waals surface area contributed by atoms with Gasteiger partial charge in [-0.15, -0.1) is 10.2 Å². The number of rotatable bonds is 3. The molecule has 0 radical (unpaired) electrons. The molecule has 0 saturated heterocycles. The molecule has 0 aliphatic carbocycles. The highest BCUT2D eigenvalue weighted by Crippen LogP contribution is 2.31. The quantitative estimate of drug-likeness (QED) is 0.424. The summed E-state index contributed by atoms with van der Waals surface area (Å²) in [4.78, 5) is 4.83. The predicted octanol–water partition coefficient (Wildman–Crippen LogP) is 5.62. The monoisotopic (exact) mass is 349 g/mol. The Balaban J connectivity index is 1.63. The molecule has 128 valence electrons. The third-order valence-corrected chi connectivity index (χ3v) is 4.59. The summed E-state index contributed by atoms with van der Waals surface area (Å²) in [6, 6.07) is 28.7. The van der Waals surface area contributed by atoms with Gasteiger partial charge in [-0.25, -0.2) is 4.98 Å². The summed E-state index contributed by atoms with van der Waals surface area (Å²) in [5.41, 5.74) is 6.08. The van der Waals surface area contributed by atoms with Crippen molar-refractivity contribution in [3.05, 3.63) is 91.3 Å². The van der Waals surface area contributed by atoms with E-state index < -0.39 is 0 Å². The van der Waals surface area contributed by atoms with Crippen LogP contribution in [0.25, 0.3) is 44.7 Å². The Morgan fingerprint density at radius 2 is 1.37 bits per heavy atom. The van der Waals surface area contributed by atoms with Gasteiger partial charge in [-0.05, 0) is 23.3 Å². The molecule has 2 heterocycles. The minimum Gasteiger partial charge on any atom is -0.423 e. The first-order valence-electron chi connectivity index (χ1n) is 8.71. The molecule has 5 aromatic rings. The Morgan fingerprint density at radius 1 is 0.667 bits per heavy atom. The summed E-state index contributed by atoms with van der Waals surface area (Å²) in [5, 5.41) is 8.89. The van der Waals surface area contributed by atoms with Crippen LogP contribution in [0.15, 0.2) is 95.7 Å². The normalized spacial score (nSPS) is 11.0. The molecule has 0 aliphatic heterocycles. The molecule has 0 N–H and O–H groups in total. The van der Waals surface area contributed by atoms with Gasteiger partial charge in [0.2, 0.25) is 12.3 Å². The van der Waals surface area contributed by atoms with Crippen molar-refractivity contribution >= 4 is 10.9 Å². The summed E-state index contributed by atoms with van der Waals surface area (Å²) >= 11 is 0. The topological polar surface area (TPSA) is 51.8 Å². The second kappa shape index (κ2) is 6.50. The smallest absolute Gasteiger partial charge is 0.248 e. The fraction of sp³-hybridized carbons (Fsp3) is 0. The van der Waals surface area contributed by atoms with Crippen LogP contribution in [-0.2, 0) is 0 Å². The molecule has 0 amide bonds. The number of hydrogen-bond acceptors (Lipinski definition) is 4. The van der Waals surface area contributed by atoms with Crippen LogP contribution in [0.2, 0.25) is 0 Å². The fourth-order valence-electron chi connectivity index (χ4n) is 3.25. The van der Waals surface area contributed by atoms with Gasteiger partial charge >= 0.3 is 0 Å². The number of benzene rings is 3. The van der Waals surface area contributed by atoms with Crippen LogP contribution >= 0.6 is 0 Å². The number of fused-ring (bicyclic) bond motifs is 1. The first kappa shape index (κ1) is 15.5. The molecular formula is C23H15N3O. The van der Waals surface area contributed by atoms with Crippen molar-refractivity contribution in [2.45, 2.75) is 0 Å². The second-order valence-corrected chi connectivity index (χ2v) is 6.26. The van der Waals surface area contributed by atoms with Gasteiger partial charge in [0, 0.05) is 10.9 Å². The predicted molar refractivity (Wildman–Crippen MR) is 106 cm³/mol. The van der Waals surface area contributed by atoms with E-state index in [0.29, 0.717) is 5.89 Å². The molecule has 0 atom stereocenters. The Labute approximate surface area is 156 Å². The van der Waals surface area contributed by atoms with Gasteiger partial charge in [0.15, 0.2) is 0 Å². The van der Waals surface area contributed by atoms with Gasteiger partial charge in [0.25, 0.3) is 0 Å². The van der Waals surface area contributed by atoms with Gasteiger partial charge in [0.05, 0.1) is 16.8 Å². The largest absolute Gasteiger partial charge is 0.423 e. The van der Waals surface area contributed by atoms with Gasteiger partial charge < -0.3 is 4.42 Å². The van der Waals surface area contributed by atoms with E-state index in [1.807, 2.05) is 48.5 Å². The van der Waals surface area contributed by atoms with Crippen molar-refractivity contribution in [3.63, 3.8) is 0 Å². The maximum Gasteiger partial charge on any atom is 0.248 e. The fourth-order valence-corrected chi connectivity index (χ4v) is 3.25. The lowest BCUT2D eigenvalue weighted by Gasteiger charge is -2.08. The molecule has 4 nitrogen and oxygen atoms in total. The number of nitrogens with zero attached hydrogens (tertiary/aromatic N) is 3. The highest BCUT2D eigenvalue weighted by Gasteiger charge is 2.13. The molecule has 0 bridgehead atoms. The van der Waals surface area contributed by atoms with E-state index >= 15 is 0 Å². The molecule has 3 aromatic carbocycles.